The highest BCUT2D eigenvalue weighted by atomic mass is 32.2. The SMILES string of the molecule is CNC(=O)NCC1CCc2ccc(S(=O)(=O)c3cccc(F)c3)cc2O1. The Balaban J connectivity index is 1.83. The van der Waals surface area contributed by atoms with Crippen molar-refractivity contribution in [2.45, 2.75) is 28.7 Å². The second kappa shape index (κ2) is 7.33. The van der Waals surface area contributed by atoms with Gasteiger partial charge < -0.3 is 15.4 Å². The number of carbonyl (C=O) groups is 1. The normalized spacial score (nSPS) is 16.3. The highest BCUT2D eigenvalue weighted by Crippen LogP contribution is 2.32. The summed E-state index contributed by atoms with van der Waals surface area (Å²) < 4.78 is 44.7. The molecule has 0 fully saturated rings. The first-order valence-corrected chi connectivity index (χ1v) is 9.64. The number of ether oxygens (including phenoxy) is 1. The maximum atomic E-state index is 13.4. The summed E-state index contributed by atoms with van der Waals surface area (Å²) in [6.07, 6.45) is 1.19. The lowest BCUT2D eigenvalue weighted by atomic mass is 10.0. The van der Waals surface area contributed by atoms with Gasteiger partial charge in [0.2, 0.25) is 9.84 Å². The smallest absolute Gasteiger partial charge is 0.314 e. The number of sulfone groups is 1. The molecule has 1 aliphatic rings. The summed E-state index contributed by atoms with van der Waals surface area (Å²) in [5.74, 6) is -0.141. The van der Waals surface area contributed by atoms with Crippen LogP contribution in [0, 0.1) is 5.82 Å². The number of hydrogen-bond donors (Lipinski definition) is 2. The molecule has 0 aromatic heterocycles. The van der Waals surface area contributed by atoms with Crippen molar-refractivity contribution in [1.82, 2.24) is 10.6 Å². The summed E-state index contributed by atoms with van der Waals surface area (Å²) in [5.41, 5.74) is 0.902. The van der Waals surface area contributed by atoms with E-state index >= 15 is 0 Å². The average molecular weight is 378 g/mol. The molecule has 26 heavy (non-hydrogen) atoms. The quantitative estimate of drug-likeness (QED) is 0.855. The van der Waals surface area contributed by atoms with Crippen molar-refractivity contribution in [2.75, 3.05) is 13.6 Å². The number of amides is 2. The first-order chi connectivity index (χ1) is 12.4. The lowest BCUT2D eigenvalue weighted by Crippen LogP contribution is -2.41. The van der Waals surface area contributed by atoms with Gasteiger partial charge in [0.25, 0.3) is 0 Å². The number of hydrogen-bond acceptors (Lipinski definition) is 4. The summed E-state index contributed by atoms with van der Waals surface area (Å²) in [7, 11) is -2.32. The average Bonchev–Trinajstić information content (AvgIpc) is 2.65. The molecule has 6 nitrogen and oxygen atoms in total. The van der Waals surface area contributed by atoms with Crippen LogP contribution in [0.15, 0.2) is 52.3 Å². The molecule has 1 aliphatic heterocycles. The number of halogens is 1. The van der Waals surface area contributed by atoms with Crippen LogP contribution in [0.5, 0.6) is 5.75 Å². The molecule has 1 atom stereocenters. The molecule has 0 spiro atoms. The highest BCUT2D eigenvalue weighted by molar-refractivity contribution is 7.91. The van der Waals surface area contributed by atoms with Crippen LogP contribution in [0.1, 0.15) is 12.0 Å². The van der Waals surface area contributed by atoms with E-state index in [1.807, 2.05) is 0 Å². The molecule has 0 bridgehead atoms. The van der Waals surface area contributed by atoms with Gasteiger partial charge in [0.05, 0.1) is 16.3 Å². The van der Waals surface area contributed by atoms with Gasteiger partial charge in [0.15, 0.2) is 0 Å². The van der Waals surface area contributed by atoms with Crippen molar-refractivity contribution in [3.8, 4) is 5.75 Å². The van der Waals surface area contributed by atoms with Gasteiger partial charge in [-0.1, -0.05) is 12.1 Å². The molecule has 3 rings (SSSR count). The summed E-state index contributed by atoms with van der Waals surface area (Å²) in [6.45, 7) is 0.319. The summed E-state index contributed by atoms with van der Waals surface area (Å²) in [5, 5.41) is 5.13. The van der Waals surface area contributed by atoms with Gasteiger partial charge in [-0.25, -0.2) is 17.6 Å². The predicted octanol–water partition coefficient (Wildman–Crippen LogP) is 2.28. The summed E-state index contributed by atoms with van der Waals surface area (Å²) >= 11 is 0. The standard InChI is InChI=1S/C18H19FN2O4S/c1-20-18(22)21-11-14-7-5-12-6-8-16(10-17(12)25-14)26(23,24)15-4-2-3-13(19)9-15/h2-4,6,8-10,14H,5,7,11H2,1H3,(H2,20,21,22). The Morgan fingerprint density at radius 2 is 2.00 bits per heavy atom. The van der Waals surface area contributed by atoms with Crippen molar-refractivity contribution in [2.24, 2.45) is 0 Å². The van der Waals surface area contributed by atoms with E-state index in [4.69, 9.17) is 4.74 Å². The lowest BCUT2D eigenvalue weighted by Gasteiger charge is -2.26. The van der Waals surface area contributed by atoms with Gasteiger partial charge in [-0.05, 0) is 48.7 Å². The molecule has 0 aliphatic carbocycles. The van der Waals surface area contributed by atoms with E-state index in [9.17, 15) is 17.6 Å². The second-order valence-corrected chi connectivity index (χ2v) is 7.92. The lowest BCUT2D eigenvalue weighted by molar-refractivity contribution is 0.169. The first-order valence-electron chi connectivity index (χ1n) is 8.16. The molecule has 0 radical (unpaired) electrons. The van der Waals surface area contributed by atoms with Gasteiger partial charge in [0, 0.05) is 7.05 Å². The Hall–Kier alpha value is -2.61. The Bertz CT molecular complexity index is 931. The zero-order valence-corrected chi connectivity index (χ0v) is 15.0. The number of urea groups is 1. The minimum atomic E-state index is -3.84. The van der Waals surface area contributed by atoms with Gasteiger partial charge in [-0.2, -0.15) is 0 Å². The number of fused-ring (bicyclic) bond motifs is 1. The van der Waals surface area contributed by atoms with Crippen LogP contribution in [0.3, 0.4) is 0 Å². The zero-order chi connectivity index (χ0) is 18.7. The molecule has 1 heterocycles. The van der Waals surface area contributed by atoms with E-state index in [0.29, 0.717) is 18.7 Å². The van der Waals surface area contributed by atoms with Gasteiger partial charge in [0.1, 0.15) is 17.7 Å². The number of benzene rings is 2. The molecule has 2 aromatic carbocycles. The predicted molar refractivity (Wildman–Crippen MR) is 93.5 cm³/mol. The largest absolute Gasteiger partial charge is 0.488 e. The Labute approximate surface area is 151 Å². The third kappa shape index (κ3) is 3.80. The molecular formula is C18H19FN2O4S. The maximum absolute atomic E-state index is 13.4. The van der Waals surface area contributed by atoms with Gasteiger partial charge >= 0.3 is 6.03 Å². The van der Waals surface area contributed by atoms with Crippen molar-refractivity contribution in [3.05, 3.63) is 53.8 Å². The minimum absolute atomic E-state index is 0.0433. The van der Waals surface area contributed by atoms with Crippen molar-refractivity contribution in [1.29, 1.82) is 0 Å². The number of nitrogens with one attached hydrogen (secondary N) is 2. The molecule has 138 valence electrons. The third-order valence-electron chi connectivity index (χ3n) is 4.20. The molecule has 0 saturated heterocycles. The van der Waals surface area contributed by atoms with E-state index in [0.717, 1.165) is 18.1 Å². The highest BCUT2D eigenvalue weighted by Gasteiger charge is 2.24. The van der Waals surface area contributed by atoms with E-state index < -0.39 is 15.7 Å². The first kappa shape index (κ1) is 18.2. The van der Waals surface area contributed by atoms with E-state index in [2.05, 4.69) is 10.6 Å². The molecule has 2 N–H and O–H groups in total. The van der Waals surface area contributed by atoms with E-state index in [1.165, 1.54) is 37.4 Å². The van der Waals surface area contributed by atoms with Crippen LogP contribution in [0.4, 0.5) is 9.18 Å². The summed E-state index contributed by atoms with van der Waals surface area (Å²) in [4.78, 5) is 11.2. The van der Waals surface area contributed by atoms with Crippen LogP contribution < -0.4 is 15.4 Å². The number of aryl methyl sites for hydroxylation is 1. The van der Waals surface area contributed by atoms with E-state index in [1.54, 1.807) is 6.07 Å². The molecule has 0 saturated carbocycles. The van der Waals surface area contributed by atoms with Crippen molar-refractivity contribution >= 4 is 15.9 Å². The number of rotatable bonds is 4. The topological polar surface area (TPSA) is 84.5 Å². The second-order valence-electron chi connectivity index (χ2n) is 5.97. The fraction of sp³-hybridized carbons (Fsp3) is 0.278. The van der Waals surface area contributed by atoms with Crippen molar-refractivity contribution < 1.29 is 22.3 Å². The van der Waals surface area contributed by atoms with E-state index in [-0.39, 0.29) is 21.9 Å². The minimum Gasteiger partial charge on any atom is -0.488 e. The molecule has 2 aromatic rings. The van der Waals surface area contributed by atoms with Crippen molar-refractivity contribution in [3.63, 3.8) is 0 Å². The Kier molecular flexibility index (Phi) is 5.13. The van der Waals surface area contributed by atoms with Crippen LogP contribution in [-0.4, -0.2) is 34.1 Å². The third-order valence-corrected chi connectivity index (χ3v) is 5.95. The fourth-order valence-corrected chi connectivity index (χ4v) is 4.09. The molecule has 1 unspecified atom stereocenters. The Morgan fingerprint density at radius 1 is 1.23 bits per heavy atom. The fourth-order valence-electron chi connectivity index (χ4n) is 2.78. The van der Waals surface area contributed by atoms with Crippen LogP contribution in [0.2, 0.25) is 0 Å². The van der Waals surface area contributed by atoms with Crippen LogP contribution in [-0.2, 0) is 16.3 Å². The molecular weight excluding hydrogens is 359 g/mol. The van der Waals surface area contributed by atoms with Crippen LogP contribution in [0.25, 0.3) is 0 Å². The van der Waals surface area contributed by atoms with Crippen LogP contribution >= 0.6 is 0 Å². The van der Waals surface area contributed by atoms with Gasteiger partial charge in [-0.3, -0.25) is 0 Å². The zero-order valence-electron chi connectivity index (χ0n) is 14.2. The Morgan fingerprint density at radius 3 is 2.73 bits per heavy atom. The molecule has 2 amide bonds. The molecule has 8 heteroatoms. The summed E-state index contributed by atoms with van der Waals surface area (Å²) in [6, 6.07) is 9.27. The van der Waals surface area contributed by atoms with Gasteiger partial charge in [-0.15, -0.1) is 0 Å². The monoisotopic (exact) mass is 378 g/mol. The number of carbonyl (C=O) groups excluding carboxylic acids is 1. The maximum Gasteiger partial charge on any atom is 0.314 e.